The van der Waals surface area contributed by atoms with Gasteiger partial charge in [0.05, 0.1) is 12.2 Å². The third-order valence-corrected chi connectivity index (χ3v) is 3.44. The Morgan fingerprint density at radius 1 is 1.28 bits per heavy atom. The molecule has 0 aliphatic rings. The van der Waals surface area contributed by atoms with Crippen LogP contribution in [0.2, 0.25) is 0 Å². The van der Waals surface area contributed by atoms with Crippen molar-refractivity contribution in [3.63, 3.8) is 0 Å². The molecule has 108 valence electrons. The molecule has 4 heteroatoms. The van der Waals surface area contributed by atoms with E-state index in [1.165, 1.54) is 5.57 Å². The van der Waals surface area contributed by atoms with Crippen LogP contribution in [-0.2, 0) is 9.05 Å². The van der Waals surface area contributed by atoms with Crippen LogP contribution >= 0.6 is 8.69 Å². The highest BCUT2D eigenvalue weighted by atomic mass is 31.2. The van der Waals surface area contributed by atoms with Crippen LogP contribution in [0.5, 0.6) is 0 Å². The van der Waals surface area contributed by atoms with Crippen LogP contribution in [0.1, 0.15) is 60.8 Å². The van der Waals surface area contributed by atoms with Gasteiger partial charge in [0.1, 0.15) is 0 Å². The highest BCUT2D eigenvalue weighted by Crippen LogP contribution is 2.44. The molecule has 0 saturated heterocycles. The summed E-state index contributed by atoms with van der Waals surface area (Å²) in [6.07, 6.45) is 5.33. The molecular weight excluding hydrogens is 250 g/mol. The summed E-state index contributed by atoms with van der Waals surface area (Å²) in [5.74, 6) is 0.554. The van der Waals surface area contributed by atoms with E-state index in [1.54, 1.807) is 0 Å². The van der Waals surface area contributed by atoms with Gasteiger partial charge in [0, 0.05) is 0 Å². The first-order valence-corrected chi connectivity index (χ1v) is 7.69. The molecule has 18 heavy (non-hydrogen) atoms. The van der Waals surface area contributed by atoms with E-state index in [4.69, 9.17) is 9.05 Å². The van der Waals surface area contributed by atoms with E-state index in [2.05, 4.69) is 26.8 Å². The predicted octanol–water partition coefficient (Wildman–Crippen LogP) is 5.79. The maximum Gasteiger partial charge on any atom is 0.375 e. The normalized spacial score (nSPS) is 15.3. The van der Waals surface area contributed by atoms with E-state index < -0.39 is 14.3 Å². The Morgan fingerprint density at radius 2 is 1.89 bits per heavy atom. The van der Waals surface area contributed by atoms with Crippen molar-refractivity contribution in [3.05, 3.63) is 11.6 Å². The van der Waals surface area contributed by atoms with E-state index in [0.29, 0.717) is 12.5 Å². The third-order valence-electron chi connectivity index (χ3n) is 2.36. The molecule has 0 N–H and O–H groups in total. The molecule has 0 aromatic rings. The quantitative estimate of drug-likeness (QED) is 0.413. The van der Waals surface area contributed by atoms with Crippen molar-refractivity contribution in [2.75, 3.05) is 6.61 Å². The molecule has 0 aliphatic heterocycles. The second-order valence-corrected chi connectivity index (χ2v) is 6.87. The molecule has 2 atom stereocenters. The number of halogens is 1. The minimum atomic E-state index is -2.23. The summed E-state index contributed by atoms with van der Waals surface area (Å²) >= 11 is 0. The molecule has 0 heterocycles. The van der Waals surface area contributed by atoms with Crippen molar-refractivity contribution in [1.29, 1.82) is 0 Å². The number of rotatable bonds is 8. The van der Waals surface area contributed by atoms with Gasteiger partial charge >= 0.3 is 8.69 Å². The molecule has 0 saturated carbocycles. The van der Waals surface area contributed by atoms with Gasteiger partial charge in [-0.25, -0.2) is 0 Å². The lowest BCUT2D eigenvalue weighted by Crippen LogP contribution is -2.15. The fourth-order valence-electron chi connectivity index (χ4n) is 1.37. The standard InChI is InChI=1S/C14H28FO2P/c1-12(2)8-7-9-13(3)10-11-16-18(15)17-14(4,5)6/h8,13H,7,9-11H2,1-6H3. The molecule has 0 radical (unpaired) electrons. The van der Waals surface area contributed by atoms with Crippen molar-refractivity contribution in [2.45, 2.75) is 66.4 Å². The van der Waals surface area contributed by atoms with Crippen LogP contribution in [-0.4, -0.2) is 12.2 Å². The Hall–Kier alpha value is 0.0200. The average Bonchev–Trinajstić information content (AvgIpc) is 2.13. The molecule has 0 aromatic heterocycles. The fraction of sp³-hybridized carbons (Fsp3) is 0.857. The highest BCUT2D eigenvalue weighted by molar-refractivity contribution is 7.41. The molecule has 0 amide bonds. The average molecular weight is 278 g/mol. The summed E-state index contributed by atoms with van der Waals surface area (Å²) in [5, 5.41) is 0. The Balaban J connectivity index is 3.62. The summed E-state index contributed by atoms with van der Waals surface area (Å²) in [6, 6.07) is 0. The fourth-order valence-corrected chi connectivity index (χ4v) is 2.10. The first kappa shape index (κ1) is 18.0. The molecule has 0 aromatic carbocycles. The van der Waals surface area contributed by atoms with Gasteiger partial charge in [0.25, 0.3) is 0 Å². The number of allylic oxidation sites excluding steroid dienone is 2. The molecule has 0 spiro atoms. The minimum absolute atomic E-state index is 0.439. The first-order valence-electron chi connectivity index (χ1n) is 6.62. The van der Waals surface area contributed by atoms with Gasteiger partial charge in [-0.15, -0.1) is 0 Å². The van der Waals surface area contributed by atoms with E-state index in [-0.39, 0.29) is 0 Å². The largest absolute Gasteiger partial charge is 0.375 e. The van der Waals surface area contributed by atoms with Gasteiger partial charge in [-0.2, -0.15) is 4.20 Å². The monoisotopic (exact) mass is 278 g/mol. The van der Waals surface area contributed by atoms with Gasteiger partial charge in [-0.3, -0.25) is 0 Å². The maximum atomic E-state index is 13.3. The molecule has 0 bridgehead atoms. The zero-order valence-electron chi connectivity index (χ0n) is 12.6. The van der Waals surface area contributed by atoms with Crippen LogP contribution in [0, 0.1) is 5.92 Å². The summed E-state index contributed by atoms with van der Waals surface area (Å²) in [7, 11) is -2.23. The van der Waals surface area contributed by atoms with Gasteiger partial charge < -0.3 is 9.05 Å². The molecule has 0 aliphatic carbocycles. The molecule has 2 unspecified atom stereocenters. The van der Waals surface area contributed by atoms with Crippen LogP contribution in [0.25, 0.3) is 0 Å². The smallest absolute Gasteiger partial charge is 0.309 e. The lowest BCUT2D eigenvalue weighted by Gasteiger charge is -2.21. The zero-order chi connectivity index (χ0) is 14.2. The van der Waals surface area contributed by atoms with Crippen molar-refractivity contribution in [1.82, 2.24) is 0 Å². The molecular formula is C14H28FO2P. The first-order chi connectivity index (χ1) is 8.20. The van der Waals surface area contributed by atoms with Crippen LogP contribution in [0.4, 0.5) is 4.20 Å². The van der Waals surface area contributed by atoms with Crippen molar-refractivity contribution in [3.8, 4) is 0 Å². The van der Waals surface area contributed by atoms with Crippen molar-refractivity contribution in [2.24, 2.45) is 5.92 Å². The summed E-state index contributed by atoms with van der Waals surface area (Å²) < 4.78 is 23.5. The number of hydrogen-bond acceptors (Lipinski definition) is 2. The second-order valence-electron chi connectivity index (χ2n) is 6.00. The summed E-state index contributed by atoms with van der Waals surface area (Å²) in [5.41, 5.74) is 0.875. The lowest BCUT2D eigenvalue weighted by atomic mass is 10.0. The van der Waals surface area contributed by atoms with Crippen molar-refractivity contribution >= 4 is 8.69 Å². The molecule has 0 fully saturated rings. The minimum Gasteiger partial charge on any atom is -0.309 e. The van der Waals surface area contributed by atoms with Gasteiger partial charge in [0.15, 0.2) is 0 Å². The topological polar surface area (TPSA) is 18.5 Å². The van der Waals surface area contributed by atoms with Crippen molar-refractivity contribution < 1.29 is 13.2 Å². The number of hydrogen-bond donors (Lipinski definition) is 0. The zero-order valence-corrected chi connectivity index (χ0v) is 13.5. The third kappa shape index (κ3) is 12.5. The second kappa shape index (κ2) is 9.01. The van der Waals surface area contributed by atoms with Gasteiger partial charge in [0.2, 0.25) is 0 Å². The maximum absolute atomic E-state index is 13.3. The van der Waals surface area contributed by atoms with Gasteiger partial charge in [-0.05, 0) is 59.8 Å². The van der Waals surface area contributed by atoms with E-state index in [1.807, 2.05) is 20.8 Å². The van der Waals surface area contributed by atoms with E-state index in [0.717, 1.165) is 19.3 Å². The Labute approximate surface area is 113 Å². The summed E-state index contributed by atoms with van der Waals surface area (Å²) in [4.78, 5) is 0. The molecule has 2 nitrogen and oxygen atoms in total. The lowest BCUT2D eigenvalue weighted by molar-refractivity contribution is 0.102. The highest BCUT2D eigenvalue weighted by Gasteiger charge is 2.20. The predicted molar refractivity (Wildman–Crippen MR) is 77.3 cm³/mol. The van der Waals surface area contributed by atoms with Crippen LogP contribution < -0.4 is 0 Å². The SMILES string of the molecule is CC(C)=CCCC(C)CCOP(F)OC(C)(C)C. The Kier molecular flexibility index (Phi) is 9.02. The van der Waals surface area contributed by atoms with Crippen LogP contribution in [0.3, 0.4) is 0 Å². The van der Waals surface area contributed by atoms with E-state index >= 15 is 0 Å². The molecule has 0 rings (SSSR count). The summed E-state index contributed by atoms with van der Waals surface area (Å²) in [6.45, 7) is 12.3. The Morgan fingerprint density at radius 3 is 2.39 bits per heavy atom. The van der Waals surface area contributed by atoms with E-state index in [9.17, 15) is 4.20 Å². The van der Waals surface area contributed by atoms with Crippen LogP contribution in [0.15, 0.2) is 11.6 Å². The Bertz CT molecular complexity index is 245. The van der Waals surface area contributed by atoms with Gasteiger partial charge in [-0.1, -0.05) is 18.6 Å².